The molecule has 27 heavy (non-hydrogen) atoms. The Kier molecular flexibility index (Phi) is 23.7. The number of hydrogen-bond donors (Lipinski definition) is 2. The third kappa shape index (κ3) is 23.8. The SMILES string of the molecule is CCCCCCCCCCCCCCCCOCC(O)CNCCCOC. The largest absolute Gasteiger partial charge is 0.389 e. The Bertz CT molecular complexity index is 264. The Morgan fingerprint density at radius 3 is 1.74 bits per heavy atom. The van der Waals surface area contributed by atoms with Gasteiger partial charge in [0.1, 0.15) is 0 Å². The highest BCUT2D eigenvalue weighted by atomic mass is 16.5. The highest BCUT2D eigenvalue weighted by Crippen LogP contribution is 2.12. The molecule has 0 bridgehead atoms. The number of aliphatic hydroxyl groups is 1. The summed E-state index contributed by atoms with van der Waals surface area (Å²) in [5.74, 6) is 0. The molecule has 0 saturated carbocycles. The molecule has 164 valence electrons. The number of nitrogens with one attached hydrogen (secondary N) is 1. The molecule has 1 unspecified atom stereocenters. The molecule has 1 atom stereocenters. The molecular formula is C23H49NO3. The standard InChI is InChI=1S/C23H49NO3/c1-3-4-5-6-7-8-9-10-11-12-13-14-15-16-20-27-22-23(25)21-24-18-17-19-26-2/h23-25H,3-22H2,1-2H3. The van der Waals surface area contributed by atoms with E-state index in [1.165, 1.54) is 83.5 Å². The Morgan fingerprint density at radius 1 is 0.704 bits per heavy atom. The van der Waals surface area contributed by atoms with Gasteiger partial charge in [0.05, 0.1) is 12.7 Å². The first-order chi connectivity index (χ1) is 13.3. The Hall–Kier alpha value is -0.160. The maximum absolute atomic E-state index is 9.80. The number of rotatable bonds is 23. The number of aliphatic hydroxyl groups excluding tert-OH is 1. The van der Waals surface area contributed by atoms with Crippen molar-refractivity contribution in [3.63, 3.8) is 0 Å². The van der Waals surface area contributed by atoms with Crippen molar-refractivity contribution in [2.75, 3.05) is 40.0 Å². The van der Waals surface area contributed by atoms with Crippen LogP contribution in [0.2, 0.25) is 0 Å². The van der Waals surface area contributed by atoms with Gasteiger partial charge in [0.15, 0.2) is 0 Å². The van der Waals surface area contributed by atoms with Crippen LogP contribution in [0.4, 0.5) is 0 Å². The van der Waals surface area contributed by atoms with Crippen LogP contribution in [-0.2, 0) is 9.47 Å². The minimum absolute atomic E-state index is 0.404. The van der Waals surface area contributed by atoms with Crippen molar-refractivity contribution in [2.24, 2.45) is 0 Å². The lowest BCUT2D eigenvalue weighted by Gasteiger charge is -2.12. The van der Waals surface area contributed by atoms with Gasteiger partial charge in [-0.3, -0.25) is 0 Å². The zero-order valence-electron chi connectivity index (χ0n) is 18.5. The van der Waals surface area contributed by atoms with Gasteiger partial charge in [-0.2, -0.15) is 0 Å². The van der Waals surface area contributed by atoms with Crippen molar-refractivity contribution in [3.05, 3.63) is 0 Å². The van der Waals surface area contributed by atoms with Crippen LogP contribution in [0.1, 0.15) is 103 Å². The molecule has 0 aliphatic carbocycles. The molecule has 0 rings (SSSR count). The van der Waals surface area contributed by atoms with Gasteiger partial charge in [0, 0.05) is 26.9 Å². The lowest BCUT2D eigenvalue weighted by molar-refractivity contribution is 0.0353. The zero-order valence-corrected chi connectivity index (χ0v) is 18.5. The van der Waals surface area contributed by atoms with Crippen LogP contribution in [0.3, 0.4) is 0 Å². The molecule has 2 N–H and O–H groups in total. The summed E-state index contributed by atoms with van der Waals surface area (Å²) in [6.45, 7) is 5.74. The first-order valence-electron chi connectivity index (χ1n) is 11.8. The molecule has 0 radical (unpaired) electrons. The second kappa shape index (κ2) is 23.9. The van der Waals surface area contributed by atoms with Crippen molar-refractivity contribution >= 4 is 0 Å². The van der Waals surface area contributed by atoms with Crippen molar-refractivity contribution in [1.29, 1.82) is 0 Å². The number of unbranched alkanes of at least 4 members (excludes halogenated alkanes) is 13. The van der Waals surface area contributed by atoms with E-state index in [2.05, 4.69) is 12.2 Å². The van der Waals surface area contributed by atoms with Crippen molar-refractivity contribution in [3.8, 4) is 0 Å². The first-order valence-corrected chi connectivity index (χ1v) is 11.8. The summed E-state index contributed by atoms with van der Waals surface area (Å²) < 4.78 is 10.6. The van der Waals surface area contributed by atoms with Gasteiger partial charge in [0.2, 0.25) is 0 Å². The highest BCUT2D eigenvalue weighted by molar-refractivity contribution is 4.58. The van der Waals surface area contributed by atoms with Gasteiger partial charge in [-0.15, -0.1) is 0 Å². The molecule has 0 aromatic rings. The van der Waals surface area contributed by atoms with Crippen molar-refractivity contribution in [2.45, 2.75) is 109 Å². The molecule has 0 aliphatic heterocycles. The first kappa shape index (κ1) is 26.8. The summed E-state index contributed by atoms with van der Waals surface area (Å²) in [4.78, 5) is 0. The van der Waals surface area contributed by atoms with Crippen LogP contribution >= 0.6 is 0 Å². The molecule has 0 heterocycles. The predicted octanol–water partition coefficient (Wildman–Crippen LogP) is 5.47. The summed E-state index contributed by atoms with van der Waals surface area (Å²) in [6.07, 6.45) is 19.8. The van der Waals surface area contributed by atoms with E-state index < -0.39 is 6.10 Å². The van der Waals surface area contributed by atoms with E-state index in [1.807, 2.05) is 0 Å². The smallest absolute Gasteiger partial charge is 0.0897 e. The van der Waals surface area contributed by atoms with E-state index in [4.69, 9.17) is 9.47 Å². The van der Waals surface area contributed by atoms with Crippen molar-refractivity contribution < 1.29 is 14.6 Å². The average molecular weight is 388 g/mol. The summed E-state index contributed by atoms with van der Waals surface area (Å²) in [7, 11) is 1.71. The number of hydrogen-bond acceptors (Lipinski definition) is 4. The highest BCUT2D eigenvalue weighted by Gasteiger charge is 2.03. The van der Waals surface area contributed by atoms with E-state index in [0.29, 0.717) is 13.2 Å². The molecule has 0 aliphatic rings. The third-order valence-corrected chi connectivity index (χ3v) is 5.03. The van der Waals surface area contributed by atoms with Crippen LogP contribution in [0, 0.1) is 0 Å². The molecule has 0 saturated heterocycles. The van der Waals surface area contributed by atoms with Crippen LogP contribution in [0.15, 0.2) is 0 Å². The Balaban J connectivity index is 3.08. The monoisotopic (exact) mass is 387 g/mol. The van der Waals surface area contributed by atoms with E-state index in [9.17, 15) is 5.11 Å². The van der Waals surface area contributed by atoms with Crippen LogP contribution in [0.25, 0.3) is 0 Å². The second-order valence-corrected chi connectivity index (χ2v) is 7.88. The van der Waals surface area contributed by atoms with Gasteiger partial charge in [0.25, 0.3) is 0 Å². The van der Waals surface area contributed by atoms with Gasteiger partial charge >= 0.3 is 0 Å². The normalized spacial score (nSPS) is 12.6. The number of ether oxygens (including phenoxy) is 2. The van der Waals surface area contributed by atoms with E-state index in [-0.39, 0.29) is 0 Å². The minimum atomic E-state index is -0.404. The maximum atomic E-state index is 9.80. The van der Waals surface area contributed by atoms with Crippen LogP contribution < -0.4 is 5.32 Å². The van der Waals surface area contributed by atoms with Gasteiger partial charge in [-0.1, -0.05) is 90.4 Å². The van der Waals surface area contributed by atoms with E-state index >= 15 is 0 Å². The van der Waals surface area contributed by atoms with Crippen LogP contribution in [-0.4, -0.2) is 51.2 Å². The van der Waals surface area contributed by atoms with Gasteiger partial charge in [-0.05, 0) is 19.4 Å². The molecule has 0 amide bonds. The topological polar surface area (TPSA) is 50.7 Å². The summed E-state index contributed by atoms with van der Waals surface area (Å²) >= 11 is 0. The third-order valence-electron chi connectivity index (χ3n) is 5.03. The molecule has 0 fully saturated rings. The summed E-state index contributed by atoms with van der Waals surface area (Å²) in [5, 5.41) is 13.0. The van der Waals surface area contributed by atoms with Crippen molar-refractivity contribution in [1.82, 2.24) is 5.32 Å². The summed E-state index contributed by atoms with van der Waals surface area (Å²) in [6, 6.07) is 0. The van der Waals surface area contributed by atoms with E-state index in [0.717, 1.165) is 32.6 Å². The van der Waals surface area contributed by atoms with E-state index in [1.54, 1.807) is 7.11 Å². The fourth-order valence-electron chi connectivity index (χ4n) is 3.29. The van der Waals surface area contributed by atoms with Gasteiger partial charge in [-0.25, -0.2) is 0 Å². The minimum Gasteiger partial charge on any atom is -0.389 e. The second-order valence-electron chi connectivity index (χ2n) is 7.88. The molecule has 0 spiro atoms. The molecule has 0 aromatic carbocycles. The lowest BCUT2D eigenvalue weighted by atomic mass is 10.0. The van der Waals surface area contributed by atoms with Crippen LogP contribution in [0.5, 0.6) is 0 Å². The summed E-state index contributed by atoms with van der Waals surface area (Å²) in [5.41, 5.74) is 0. The molecule has 4 heteroatoms. The Morgan fingerprint density at radius 2 is 1.22 bits per heavy atom. The quantitative estimate of drug-likeness (QED) is 0.228. The maximum Gasteiger partial charge on any atom is 0.0897 e. The zero-order chi connectivity index (χ0) is 19.8. The molecule has 4 nitrogen and oxygen atoms in total. The molecular weight excluding hydrogens is 338 g/mol. The number of methoxy groups -OCH3 is 1. The average Bonchev–Trinajstić information content (AvgIpc) is 2.67. The Labute approximate surface area is 169 Å². The lowest BCUT2D eigenvalue weighted by Crippen LogP contribution is -2.31. The van der Waals surface area contributed by atoms with Gasteiger partial charge < -0.3 is 19.9 Å². The fourth-order valence-corrected chi connectivity index (χ4v) is 3.29. The predicted molar refractivity (Wildman–Crippen MR) is 117 cm³/mol. The molecule has 0 aromatic heterocycles. The fraction of sp³-hybridized carbons (Fsp3) is 1.00.